The van der Waals surface area contributed by atoms with Gasteiger partial charge in [-0.3, -0.25) is 4.79 Å². The van der Waals surface area contributed by atoms with Crippen LogP contribution in [0.1, 0.15) is 11.1 Å². The van der Waals surface area contributed by atoms with Gasteiger partial charge in [0.05, 0.1) is 0 Å². The zero-order valence-electron chi connectivity index (χ0n) is 17.2. The predicted octanol–water partition coefficient (Wildman–Crippen LogP) is 3.53. The maximum Gasteiger partial charge on any atom is 0.264 e. The van der Waals surface area contributed by atoms with Gasteiger partial charge >= 0.3 is 0 Å². The average molecular weight is 435 g/mol. The second-order valence-electron chi connectivity index (χ2n) is 6.98. The molecule has 3 N–H and O–H groups in total. The SMILES string of the molecule is CSc1nn(CC(=O)NCc2ccccc2)c(N)c1-c1nc(-c2ccc(C)cc2)no1. The van der Waals surface area contributed by atoms with E-state index in [4.69, 9.17) is 10.3 Å². The van der Waals surface area contributed by atoms with Crippen LogP contribution in [0.2, 0.25) is 0 Å². The molecule has 158 valence electrons. The van der Waals surface area contributed by atoms with Gasteiger partial charge in [-0.2, -0.15) is 10.1 Å². The molecule has 4 aromatic rings. The molecule has 0 aliphatic heterocycles. The minimum absolute atomic E-state index is 0.00875. The summed E-state index contributed by atoms with van der Waals surface area (Å²) in [5.41, 5.74) is 9.86. The molecule has 0 aliphatic carbocycles. The fraction of sp³-hybridized carbons (Fsp3) is 0.182. The van der Waals surface area contributed by atoms with Crippen LogP contribution in [0.25, 0.3) is 22.8 Å². The lowest BCUT2D eigenvalue weighted by Gasteiger charge is -2.06. The smallest absolute Gasteiger partial charge is 0.264 e. The molecule has 0 atom stereocenters. The Hall–Kier alpha value is -3.59. The Morgan fingerprint density at radius 3 is 2.61 bits per heavy atom. The maximum absolute atomic E-state index is 12.4. The number of anilines is 1. The summed E-state index contributed by atoms with van der Waals surface area (Å²) < 4.78 is 6.93. The predicted molar refractivity (Wildman–Crippen MR) is 120 cm³/mol. The number of carbonyl (C=O) groups excluding carboxylic acids is 1. The largest absolute Gasteiger partial charge is 0.383 e. The molecule has 0 fully saturated rings. The number of aromatic nitrogens is 4. The second-order valence-corrected chi connectivity index (χ2v) is 7.77. The molecule has 0 unspecified atom stereocenters. The Bertz CT molecular complexity index is 1180. The van der Waals surface area contributed by atoms with E-state index in [0.717, 1.165) is 16.7 Å². The van der Waals surface area contributed by atoms with Crippen LogP contribution in [-0.2, 0) is 17.9 Å². The van der Waals surface area contributed by atoms with Crippen LogP contribution in [0.4, 0.5) is 5.82 Å². The highest BCUT2D eigenvalue weighted by Crippen LogP contribution is 2.34. The van der Waals surface area contributed by atoms with Crippen LogP contribution >= 0.6 is 11.8 Å². The van der Waals surface area contributed by atoms with E-state index in [1.54, 1.807) is 0 Å². The van der Waals surface area contributed by atoms with Crippen molar-refractivity contribution in [3.63, 3.8) is 0 Å². The van der Waals surface area contributed by atoms with E-state index >= 15 is 0 Å². The minimum Gasteiger partial charge on any atom is -0.383 e. The summed E-state index contributed by atoms with van der Waals surface area (Å²) in [6.45, 7) is 2.44. The molecule has 2 aromatic heterocycles. The number of aryl methyl sites for hydroxylation is 1. The van der Waals surface area contributed by atoms with Crippen molar-refractivity contribution in [2.45, 2.75) is 25.0 Å². The summed E-state index contributed by atoms with van der Waals surface area (Å²) in [7, 11) is 0. The number of benzene rings is 2. The summed E-state index contributed by atoms with van der Waals surface area (Å²) in [5.74, 6) is 0.852. The van der Waals surface area contributed by atoms with Gasteiger partial charge in [0.2, 0.25) is 11.7 Å². The Morgan fingerprint density at radius 2 is 1.90 bits per heavy atom. The van der Waals surface area contributed by atoms with Crippen LogP contribution in [0.15, 0.2) is 64.1 Å². The van der Waals surface area contributed by atoms with E-state index in [-0.39, 0.29) is 18.3 Å². The zero-order valence-corrected chi connectivity index (χ0v) is 18.0. The first-order valence-electron chi connectivity index (χ1n) is 9.67. The number of amides is 1. The normalized spacial score (nSPS) is 10.9. The van der Waals surface area contributed by atoms with Crippen LogP contribution in [0.3, 0.4) is 0 Å². The van der Waals surface area contributed by atoms with Gasteiger partial charge in [-0.25, -0.2) is 4.68 Å². The molecule has 4 rings (SSSR count). The summed E-state index contributed by atoms with van der Waals surface area (Å²) in [6, 6.07) is 17.5. The van der Waals surface area contributed by atoms with Gasteiger partial charge in [-0.1, -0.05) is 65.3 Å². The fourth-order valence-corrected chi connectivity index (χ4v) is 3.63. The molecule has 9 heteroatoms. The molecular formula is C22H22N6O2S. The second kappa shape index (κ2) is 9.05. The number of nitrogen functional groups attached to an aromatic ring is 1. The van der Waals surface area contributed by atoms with E-state index in [2.05, 4.69) is 20.6 Å². The lowest BCUT2D eigenvalue weighted by molar-refractivity contribution is -0.122. The standard InChI is InChI=1S/C22H22N6O2S/c1-14-8-10-16(11-9-14)20-25-21(30-27-20)18-19(23)28(26-22(18)31-2)13-17(29)24-12-15-6-4-3-5-7-15/h3-11H,12-13,23H2,1-2H3,(H,24,29). The number of hydrogen-bond acceptors (Lipinski definition) is 7. The van der Waals surface area contributed by atoms with E-state index in [9.17, 15) is 4.79 Å². The molecule has 2 heterocycles. The number of nitrogens with two attached hydrogens (primary N) is 1. The third kappa shape index (κ3) is 4.61. The van der Waals surface area contributed by atoms with Crippen LogP contribution in [-0.4, -0.2) is 32.1 Å². The van der Waals surface area contributed by atoms with E-state index < -0.39 is 0 Å². The zero-order chi connectivity index (χ0) is 21.8. The molecule has 0 radical (unpaired) electrons. The molecule has 2 aromatic carbocycles. The highest BCUT2D eigenvalue weighted by Gasteiger charge is 2.23. The number of rotatable bonds is 7. The lowest BCUT2D eigenvalue weighted by atomic mass is 10.1. The monoisotopic (exact) mass is 434 g/mol. The summed E-state index contributed by atoms with van der Waals surface area (Å²) in [5, 5.41) is 12.0. The quantitative estimate of drug-likeness (QED) is 0.428. The molecule has 0 bridgehead atoms. The van der Waals surface area contributed by atoms with Crippen LogP contribution in [0, 0.1) is 6.92 Å². The topological polar surface area (TPSA) is 112 Å². The molecule has 0 saturated carbocycles. The lowest BCUT2D eigenvalue weighted by Crippen LogP contribution is -2.28. The van der Waals surface area contributed by atoms with Crippen molar-refractivity contribution >= 4 is 23.5 Å². The average Bonchev–Trinajstić information content (AvgIpc) is 3.38. The van der Waals surface area contributed by atoms with Gasteiger partial charge in [-0.05, 0) is 18.7 Å². The maximum atomic E-state index is 12.4. The Balaban J connectivity index is 1.53. The van der Waals surface area contributed by atoms with Gasteiger partial charge in [0.1, 0.15) is 23.0 Å². The number of carbonyl (C=O) groups is 1. The molecule has 0 saturated heterocycles. The minimum atomic E-state index is -0.192. The highest BCUT2D eigenvalue weighted by molar-refractivity contribution is 7.98. The van der Waals surface area contributed by atoms with Crippen molar-refractivity contribution in [3.8, 4) is 22.8 Å². The number of thioether (sulfide) groups is 1. The summed E-state index contributed by atoms with van der Waals surface area (Å²) >= 11 is 1.40. The van der Waals surface area contributed by atoms with Gasteiger partial charge in [-0.15, -0.1) is 11.8 Å². The van der Waals surface area contributed by atoms with Gasteiger partial charge in [0.25, 0.3) is 5.89 Å². The molecule has 31 heavy (non-hydrogen) atoms. The third-order valence-electron chi connectivity index (χ3n) is 4.73. The number of nitrogens with zero attached hydrogens (tertiary/aromatic N) is 4. The molecule has 8 nitrogen and oxygen atoms in total. The van der Waals surface area contributed by atoms with Crippen molar-refractivity contribution in [1.82, 2.24) is 25.2 Å². The first-order chi connectivity index (χ1) is 15.0. The van der Waals surface area contributed by atoms with Gasteiger partial charge in [0.15, 0.2) is 0 Å². The highest BCUT2D eigenvalue weighted by atomic mass is 32.2. The van der Waals surface area contributed by atoms with Crippen LogP contribution < -0.4 is 11.1 Å². The number of hydrogen-bond donors (Lipinski definition) is 2. The van der Waals surface area contributed by atoms with Crippen molar-refractivity contribution < 1.29 is 9.32 Å². The van der Waals surface area contributed by atoms with Gasteiger partial charge in [0, 0.05) is 12.1 Å². The third-order valence-corrected chi connectivity index (χ3v) is 5.40. The number of nitrogens with one attached hydrogen (secondary N) is 1. The molecular weight excluding hydrogens is 412 g/mol. The van der Waals surface area contributed by atoms with Gasteiger partial charge < -0.3 is 15.6 Å². The van der Waals surface area contributed by atoms with Crippen molar-refractivity contribution in [2.24, 2.45) is 0 Å². The van der Waals surface area contributed by atoms with Crippen LogP contribution in [0.5, 0.6) is 0 Å². The first-order valence-corrected chi connectivity index (χ1v) is 10.9. The van der Waals surface area contributed by atoms with Crippen molar-refractivity contribution in [3.05, 3.63) is 65.7 Å². The summed E-state index contributed by atoms with van der Waals surface area (Å²) in [6.07, 6.45) is 1.88. The Morgan fingerprint density at radius 1 is 1.16 bits per heavy atom. The van der Waals surface area contributed by atoms with Crippen molar-refractivity contribution in [2.75, 3.05) is 12.0 Å². The Labute approximate surface area is 183 Å². The van der Waals surface area contributed by atoms with E-state index in [0.29, 0.717) is 28.8 Å². The molecule has 0 aliphatic rings. The summed E-state index contributed by atoms with van der Waals surface area (Å²) in [4.78, 5) is 16.9. The Kier molecular flexibility index (Phi) is 6.03. The van der Waals surface area contributed by atoms with E-state index in [1.807, 2.05) is 67.8 Å². The molecule has 1 amide bonds. The van der Waals surface area contributed by atoms with E-state index in [1.165, 1.54) is 16.4 Å². The van der Waals surface area contributed by atoms with Crippen molar-refractivity contribution in [1.29, 1.82) is 0 Å². The molecule has 0 spiro atoms. The first kappa shape index (κ1) is 20.7. The fourth-order valence-electron chi connectivity index (χ4n) is 3.05.